The number of rotatable bonds is 6. The van der Waals surface area contributed by atoms with Crippen molar-refractivity contribution in [2.75, 3.05) is 19.6 Å². The molecular weight excluding hydrogens is 416 g/mol. The first-order valence-electron chi connectivity index (χ1n) is 14.1. The van der Waals surface area contributed by atoms with Crippen molar-refractivity contribution in [3.63, 3.8) is 0 Å². The Bertz CT molecular complexity index is 963. The van der Waals surface area contributed by atoms with Crippen LogP contribution >= 0.6 is 0 Å². The van der Waals surface area contributed by atoms with Crippen LogP contribution in [0.4, 0.5) is 0 Å². The van der Waals surface area contributed by atoms with Gasteiger partial charge in [0.1, 0.15) is 0 Å². The number of fused-ring (bicyclic) bond motifs is 1. The van der Waals surface area contributed by atoms with Gasteiger partial charge in [0.15, 0.2) is 0 Å². The fraction of sp³-hybridized carbons (Fsp3) is 0.767. The number of nitrogens with one attached hydrogen (secondary N) is 1. The molecule has 0 aromatic carbocycles. The second-order valence-corrected chi connectivity index (χ2v) is 13.1. The highest BCUT2D eigenvalue weighted by Gasteiger charge is 2.84. The number of nitrogens with zero attached hydrogens (tertiary/aromatic N) is 2. The van der Waals surface area contributed by atoms with Crippen LogP contribution in [0.1, 0.15) is 78.6 Å². The summed E-state index contributed by atoms with van der Waals surface area (Å²) < 4.78 is 0. The summed E-state index contributed by atoms with van der Waals surface area (Å²) in [5.74, 6) is 9.52. The summed E-state index contributed by atoms with van der Waals surface area (Å²) in [6.07, 6.45) is 14.6. The minimum absolute atomic E-state index is 0.407. The molecule has 0 aromatic rings. The van der Waals surface area contributed by atoms with Gasteiger partial charge in [-0.3, -0.25) is 4.99 Å². The van der Waals surface area contributed by atoms with Gasteiger partial charge in [-0.1, -0.05) is 44.2 Å². The Morgan fingerprint density at radius 3 is 2.76 bits per heavy atom. The van der Waals surface area contributed by atoms with E-state index in [0.717, 1.165) is 30.6 Å². The number of hydrogen-bond donors (Lipinski definition) is 2. The summed E-state index contributed by atoms with van der Waals surface area (Å²) >= 11 is 0. The third kappa shape index (κ3) is 2.94. The van der Waals surface area contributed by atoms with Crippen LogP contribution < -0.4 is 11.2 Å². The van der Waals surface area contributed by atoms with E-state index in [9.17, 15) is 0 Å². The molecule has 1 aliphatic heterocycles. The Balaban J connectivity index is 1.16. The minimum Gasteiger partial charge on any atom is -0.312 e. The molecule has 6 rings (SSSR count). The molecule has 8 unspecified atom stereocenters. The summed E-state index contributed by atoms with van der Waals surface area (Å²) in [7, 11) is 0. The van der Waals surface area contributed by atoms with Gasteiger partial charge in [0.25, 0.3) is 0 Å². The van der Waals surface area contributed by atoms with Crippen molar-refractivity contribution in [1.29, 1.82) is 0 Å². The first kappa shape index (κ1) is 23.0. The Morgan fingerprint density at radius 2 is 2.00 bits per heavy atom. The summed E-state index contributed by atoms with van der Waals surface area (Å²) in [6.45, 7) is 18.4. The summed E-state index contributed by atoms with van der Waals surface area (Å²) in [5.41, 5.74) is 7.02. The van der Waals surface area contributed by atoms with Crippen LogP contribution in [0.5, 0.6) is 0 Å². The SMILES string of the molecule is C=C1C=C2CCC34C5CCC(C(C)=NCC(=C)N(N)CC6NCCC6C)C5(C)CCC3C24CC1. The van der Waals surface area contributed by atoms with Crippen molar-refractivity contribution in [1.82, 2.24) is 10.3 Å². The highest BCUT2D eigenvalue weighted by atomic mass is 15.4. The average Bonchev–Trinajstić information content (AvgIpc) is 3.17. The maximum absolute atomic E-state index is 6.40. The van der Waals surface area contributed by atoms with Gasteiger partial charge in [-0.05, 0) is 99.8 Å². The fourth-order valence-electron chi connectivity index (χ4n) is 10.4. The van der Waals surface area contributed by atoms with Crippen LogP contribution in [-0.2, 0) is 0 Å². The number of hydrazine groups is 1. The van der Waals surface area contributed by atoms with E-state index >= 15 is 0 Å². The number of allylic oxidation sites excluding steroid dienone is 3. The molecule has 186 valence electrons. The second kappa shape index (κ2) is 7.80. The molecule has 4 nitrogen and oxygen atoms in total. The molecule has 0 aromatic heterocycles. The molecular formula is C30H46N4. The minimum atomic E-state index is 0.407. The summed E-state index contributed by atoms with van der Waals surface area (Å²) in [4.78, 5) is 5.12. The lowest BCUT2D eigenvalue weighted by Gasteiger charge is -2.45. The van der Waals surface area contributed by atoms with Crippen molar-refractivity contribution in [2.24, 2.45) is 50.8 Å². The third-order valence-electron chi connectivity index (χ3n) is 12.0. The van der Waals surface area contributed by atoms with Crippen molar-refractivity contribution >= 4 is 5.71 Å². The highest BCUT2D eigenvalue weighted by molar-refractivity contribution is 5.85. The first-order chi connectivity index (χ1) is 16.2. The maximum Gasteiger partial charge on any atom is 0.0795 e. The molecule has 8 atom stereocenters. The van der Waals surface area contributed by atoms with Gasteiger partial charge in [-0.2, -0.15) is 0 Å². The maximum atomic E-state index is 6.40. The second-order valence-electron chi connectivity index (χ2n) is 13.1. The Hall–Kier alpha value is -1.39. The zero-order valence-corrected chi connectivity index (χ0v) is 21.8. The summed E-state index contributed by atoms with van der Waals surface area (Å²) in [5, 5.41) is 5.42. The molecule has 0 amide bonds. The van der Waals surface area contributed by atoms with Crippen molar-refractivity contribution in [2.45, 2.75) is 84.6 Å². The van der Waals surface area contributed by atoms with Crippen LogP contribution in [0.25, 0.3) is 0 Å². The van der Waals surface area contributed by atoms with Gasteiger partial charge in [0, 0.05) is 35.3 Å². The molecule has 2 spiro atoms. The molecule has 0 radical (unpaired) electrons. The van der Waals surface area contributed by atoms with E-state index in [1.807, 2.05) is 5.01 Å². The van der Waals surface area contributed by atoms with E-state index in [1.54, 1.807) is 5.57 Å². The van der Waals surface area contributed by atoms with E-state index in [1.165, 1.54) is 69.1 Å². The van der Waals surface area contributed by atoms with Gasteiger partial charge < -0.3 is 10.3 Å². The number of aliphatic imine (C=N–C) groups is 1. The van der Waals surface area contributed by atoms with Crippen LogP contribution in [-0.4, -0.2) is 36.4 Å². The van der Waals surface area contributed by atoms with E-state index < -0.39 is 0 Å². The smallest absolute Gasteiger partial charge is 0.0795 e. The molecule has 34 heavy (non-hydrogen) atoms. The lowest BCUT2D eigenvalue weighted by atomic mass is 9.59. The largest absolute Gasteiger partial charge is 0.312 e. The Labute approximate surface area is 207 Å². The van der Waals surface area contributed by atoms with Gasteiger partial charge in [-0.15, -0.1) is 0 Å². The molecule has 4 saturated carbocycles. The Kier molecular flexibility index (Phi) is 5.29. The summed E-state index contributed by atoms with van der Waals surface area (Å²) in [6, 6.07) is 0.462. The van der Waals surface area contributed by atoms with Crippen LogP contribution in [0, 0.1) is 39.9 Å². The van der Waals surface area contributed by atoms with Crippen molar-refractivity contribution in [3.8, 4) is 0 Å². The molecule has 1 saturated heterocycles. The zero-order valence-electron chi connectivity index (χ0n) is 21.8. The van der Waals surface area contributed by atoms with Gasteiger partial charge in [0.2, 0.25) is 0 Å². The predicted molar refractivity (Wildman–Crippen MR) is 141 cm³/mol. The van der Waals surface area contributed by atoms with E-state index in [4.69, 9.17) is 10.8 Å². The molecule has 3 N–H and O–H groups in total. The van der Waals surface area contributed by atoms with Gasteiger partial charge in [0.05, 0.1) is 6.54 Å². The lowest BCUT2D eigenvalue weighted by Crippen LogP contribution is -2.43. The zero-order chi connectivity index (χ0) is 23.9. The molecule has 5 aliphatic carbocycles. The monoisotopic (exact) mass is 462 g/mol. The van der Waals surface area contributed by atoms with E-state index in [2.05, 4.69) is 45.3 Å². The highest BCUT2D eigenvalue weighted by Crippen LogP contribution is 2.91. The molecule has 4 heteroatoms. The molecule has 0 bridgehead atoms. The molecule has 1 heterocycles. The average molecular weight is 463 g/mol. The van der Waals surface area contributed by atoms with Crippen molar-refractivity contribution in [3.05, 3.63) is 36.1 Å². The quantitative estimate of drug-likeness (QED) is 0.305. The van der Waals surface area contributed by atoms with Gasteiger partial charge in [-0.25, -0.2) is 5.84 Å². The standard InChI is InChI=1S/C30H46N4/c1-19-8-13-29-23(16-19)9-14-30(29)26-7-6-24(28(26,5)12-10-27(29)30)22(4)33-17-21(3)34(31)18-25-20(2)11-15-32-25/h16,20,24-27,32H,1,3,6-15,17-18,31H2,2,4-5H3. The fourth-order valence-corrected chi connectivity index (χ4v) is 10.4. The van der Waals surface area contributed by atoms with Crippen molar-refractivity contribution < 1.29 is 0 Å². The van der Waals surface area contributed by atoms with E-state index in [-0.39, 0.29) is 0 Å². The first-order valence-corrected chi connectivity index (χ1v) is 14.1. The van der Waals surface area contributed by atoms with E-state index in [0.29, 0.717) is 40.7 Å². The number of nitrogens with two attached hydrogens (primary N) is 1. The van der Waals surface area contributed by atoms with Crippen LogP contribution in [0.3, 0.4) is 0 Å². The normalized spacial score (nSPS) is 46.9. The topological polar surface area (TPSA) is 53.6 Å². The molecule has 5 fully saturated rings. The number of hydrogen-bond acceptors (Lipinski definition) is 4. The van der Waals surface area contributed by atoms with Crippen LogP contribution in [0.2, 0.25) is 0 Å². The third-order valence-corrected chi connectivity index (χ3v) is 12.0. The Morgan fingerprint density at radius 1 is 1.18 bits per heavy atom. The predicted octanol–water partition coefficient (Wildman–Crippen LogP) is 5.63. The molecule has 6 aliphatic rings. The van der Waals surface area contributed by atoms with Gasteiger partial charge >= 0.3 is 0 Å². The lowest BCUT2D eigenvalue weighted by molar-refractivity contribution is 0.0525. The van der Waals surface area contributed by atoms with Crippen LogP contribution in [0.15, 0.2) is 41.1 Å².